The number of allylic oxidation sites excluding steroid dienone is 1. The molecule has 0 saturated heterocycles. The predicted octanol–water partition coefficient (Wildman–Crippen LogP) is 2.64. The summed E-state index contributed by atoms with van der Waals surface area (Å²) in [4.78, 5) is 12.5. The normalized spacial score (nSPS) is 16.3. The van der Waals surface area contributed by atoms with Crippen molar-refractivity contribution in [3.63, 3.8) is 0 Å². The number of hydrogen-bond donors (Lipinski definition) is 0. The molecular formula is C16H16N2O2. The fourth-order valence-electron chi connectivity index (χ4n) is 2.53. The summed E-state index contributed by atoms with van der Waals surface area (Å²) in [6.07, 6.45) is 7.23. The topological polar surface area (TPSA) is 44.1 Å². The lowest BCUT2D eigenvalue weighted by atomic mass is 9.86. The highest BCUT2D eigenvalue weighted by atomic mass is 16.5. The maximum Gasteiger partial charge on any atom is 0.189 e. The predicted molar refractivity (Wildman–Crippen MR) is 76.8 cm³/mol. The molecule has 0 aliphatic heterocycles. The third-order valence-corrected chi connectivity index (χ3v) is 3.58. The largest absolute Gasteiger partial charge is 0.497 e. The highest BCUT2D eigenvalue weighted by molar-refractivity contribution is 6.13. The van der Waals surface area contributed by atoms with Gasteiger partial charge in [-0.05, 0) is 42.7 Å². The fourth-order valence-corrected chi connectivity index (χ4v) is 2.53. The summed E-state index contributed by atoms with van der Waals surface area (Å²) in [7, 11) is 3.51. The lowest BCUT2D eigenvalue weighted by Crippen LogP contribution is -2.14. The summed E-state index contributed by atoms with van der Waals surface area (Å²) in [5.41, 5.74) is 3.66. The summed E-state index contributed by atoms with van der Waals surface area (Å²) >= 11 is 0. The first-order valence-electron chi connectivity index (χ1n) is 6.58. The first-order chi connectivity index (χ1) is 9.67. The molecule has 20 heavy (non-hydrogen) atoms. The van der Waals surface area contributed by atoms with Crippen molar-refractivity contribution in [2.45, 2.75) is 12.8 Å². The number of hydrogen-bond acceptors (Lipinski definition) is 3. The molecule has 1 aromatic carbocycles. The Bertz CT molecular complexity index is 698. The minimum absolute atomic E-state index is 0.109. The van der Waals surface area contributed by atoms with Gasteiger partial charge < -0.3 is 4.74 Å². The van der Waals surface area contributed by atoms with E-state index in [9.17, 15) is 4.79 Å². The number of benzene rings is 1. The smallest absolute Gasteiger partial charge is 0.189 e. The molecule has 0 bridgehead atoms. The van der Waals surface area contributed by atoms with Gasteiger partial charge >= 0.3 is 0 Å². The van der Waals surface area contributed by atoms with E-state index in [2.05, 4.69) is 5.10 Å². The van der Waals surface area contributed by atoms with Crippen molar-refractivity contribution in [1.82, 2.24) is 9.78 Å². The molecule has 0 saturated carbocycles. The number of fused-ring (bicyclic) bond motifs is 1. The zero-order valence-corrected chi connectivity index (χ0v) is 11.6. The van der Waals surface area contributed by atoms with E-state index < -0.39 is 0 Å². The van der Waals surface area contributed by atoms with Crippen LogP contribution >= 0.6 is 0 Å². The molecule has 3 rings (SSSR count). The molecule has 4 heteroatoms. The minimum Gasteiger partial charge on any atom is -0.497 e. The monoisotopic (exact) mass is 268 g/mol. The molecule has 0 spiro atoms. The van der Waals surface area contributed by atoms with Crippen LogP contribution in [0.25, 0.3) is 6.08 Å². The maximum atomic E-state index is 12.5. The van der Waals surface area contributed by atoms with E-state index in [0.29, 0.717) is 0 Å². The van der Waals surface area contributed by atoms with Crippen molar-refractivity contribution in [3.8, 4) is 5.75 Å². The average molecular weight is 268 g/mol. The Morgan fingerprint density at radius 1 is 1.35 bits per heavy atom. The van der Waals surface area contributed by atoms with Crippen molar-refractivity contribution in [2.75, 3.05) is 7.11 Å². The zero-order chi connectivity index (χ0) is 14.1. The van der Waals surface area contributed by atoms with Crippen LogP contribution in [0.4, 0.5) is 0 Å². The molecular weight excluding hydrogens is 252 g/mol. The Labute approximate surface area is 117 Å². The number of nitrogens with zero attached hydrogens (tertiary/aromatic N) is 2. The minimum atomic E-state index is 0.109. The molecule has 1 aromatic heterocycles. The molecule has 102 valence electrons. The molecule has 0 fully saturated rings. The highest BCUT2D eigenvalue weighted by Crippen LogP contribution is 2.29. The van der Waals surface area contributed by atoms with Gasteiger partial charge in [-0.2, -0.15) is 5.10 Å². The number of rotatable bonds is 2. The SMILES string of the molecule is COc1ccc2c(c1)CCC(=Cc1cnn(C)c1)C2=O. The third-order valence-electron chi connectivity index (χ3n) is 3.58. The molecule has 0 radical (unpaired) electrons. The first kappa shape index (κ1) is 12.7. The summed E-state index contributed by atoms with van der Waals surface area (Å²) in [6.45, 7) is 0. The number of aromatic nitrogens is 2. The first-order valence-corrected chi connectivity index (χ1v) is 6.58. The molecule has 2 aromatic rings. The van der Waals surface area contributed by atoms with Gasteiger partial charge in [-0.15, -0.1) is 0 Å². The van der Waals surface area contributed by atoms with Crippen molar-refractivity contribution in [2.24, 2.45) is 7.05 Å². The van der Waals surface area contributed by atoms with E-state index in [1.165, 1.54) is 0 Å². The number of aryl methyl sites for hydroxylation is 2. The quantitative estimate of drug-likeness (QED) is 0.786. The maximum absolute atomic E-state index is 12.5. The second-order valence-corrected chi connectivity index (χ2v) is 4.97. The van der Waals surface area contributed by atoms with E-state index in [1.807, 2.05) is 37.5 Å². The van der Waals surface area contributed by atoms with Crippen molar-refractivity contribution in [3.05, 3.63) is 52.9 Å². The van der Waals surface area contributed by atoms with Crippen LogP contribution in [0.3, 0.4) is 0 Å². The number of carbonyl (C=O) groups is 1. The highest BCUT2D eigenvalue weighted by Gasteiger charge is 2.22. The van der Waals surface area contributed by atoms with Gasteiger partial charge in [-0.1, -0.05) is 0 Å². The van der Waals surface area contributed by atoms with Crippen LogP contribution in [-0.2, 0) is 13.5 Å². The molecule has 4 nitrogen and oxygen atoms in total. The Kier molecular flexibility index (Phi) is 3.14. The standard InChI is InChI=1S/C16H16N2O2/c1-18-10-11(9-17-18)7-13-4-3-12-8-14(20-2)5-6-15(12)16(13)19/h5-10H,3-4H2,1-2H3. The van der Waals surface area contributed by atoms with Gasteiger partial charge in [0, 0.05) is 29.9 Å². The van der Waals surface area contributed by atoms with Crippen LogP contribution in [-0.4, -0.2) is 22.7 Å². The Hall–Kier alpha value is -2.36. The second-order valence-electron chi connectivity index (χ2n) is 4.97. The fraction of sp³-hybridized carbons (Fsp3) is 0.250. The average Bonchev–Trinajstić information content (AvgIpc) is 2.87. The summed E-state index contributed by atoms with van der Waals surface area (Å²) in [5, 5.41) is 4.12. The molecule has 0 atom stereocenters. The van der Waals surface area contributed by atoms with Gasteiger partial charge in [0.2, 0.25) is 0 Å². The van der Waals surface area contributed by atoms with Gasteiger partial charge in [0.15, 0.2) is 5.78 Å². The Morgan fingerprint density at radius 3 is 2.90 bits per heavy atom. The molecule has 0 amide bonds. The van der Waals surface area contributed by atoms with Crippen LogP contribution in [0, 0.1) is 0 Å². The Balaban J connectivity index is 1.95. The lowest BCUT2D eigenvalue weighted by molar-refractivity contribution is 0.102. The zero-order valence-electron chi connectivity index (χ0n) is 11.6. The number of ketones is 1. The van der Waals surface area contributed by atoms with Crippen LogP contribution in [0.1, 0.15) is 27.9 Å². The molecule has 1 aliphatic carbocycles. The van der Waals surface area contributed by atoms with Gasteiger partial charge in [0.1, 0.15) is 5.75 Å². The van der Waals surface area contributed by atoms with E-state index >= 15 is 0 Å². The number of Topliss-reactive ketones (excluding diaryl/α,β-unsaturated/α-hetero) is 1. The molecule has 0 unspecified atom stereocenters. The van der Waals surface area contributed by atoms with E-state index in [4.69, 9.17) is 4.74 Å². The van der Waals surface area contributed by atoms with E-state index in [1.54, 1.807) is 18.0 Å². The second kappa shape index (κ2) is 4.96. The van der Waals surface area contributed by atoms with Gasteiger partial charge in [-0.25, -0.2) is 0 Å². The molecule has 0 N–H and O–H groups in total. The lowest BCUT2D eigenvalue weighted by Gasteiger charge is -2.18. The number of ether oxygens (including phenoxy) is 1. The van der Waals surface area contributed by atoms with Crippen molar-refractivity contribution >= 4 is 11.9 Å². The molecule has 1 heterocycles. The van der Waals surface area contributed by atoms with Gasteiger partial charge in [-0.3, -0.25) is 9.48 Å². The van der Waals surface area contributed by atoms with E-state index in [-0.39, 0.29) is 5.78 Å². The van der Waals surface area contributed by atoms with E-state index in [0.717, 1.165) is 40.9 Å². The van der Waals surface area contributed by atoms with Gasteiger partial charge in [0.25, 0.3) is 0 Å². The number of methoxy groups -OCH3 is 1. The van der Waals surface area contributed by atoms with Crippen LogP contribution in [0.5, 0.6) is 5.75 Å². The summed E-state index contributed by atoms with van der Waals surface area (Å²) < 4.78 is 6.94. The third kappa shape index (κ3) is 2.25. The van der Waals surface area contributed by atoms with Crippen LogP contribution < -0.4 is 4.74 Å². The summed E-state index contributed by atoms with van der Waals surface area (Å²) in [6, 6.07) is 5.64. The number of carbonyl (C=O) groups excluding carboxylic acids is 1. The molecule has 1 aliphatic rings. The Morgan fingerprint density at radius 2 is 2.20 bits per heavy atom. The summed E-state index contributed by atoms with van der Waals surface area (Å²) in [5.74, 6) is 0.911. The van der Waals surface area contributed by atoms with Crippen LogP contribution in [0.15, 0.2) is 36.2 Å². The van der Waals surface area contributed by atoms with Gasteiger partial charge in [0.05, 0.1) is 13.3 Å². The van der Waals surface area contributed by atoms with Crippen molar-refractivity contribution < 1.29 is 9.53 Å². The van der Waals surface area contributed by atoms with Crippen LogP contribution in [0.2, 0.25) is 0 Å². The van der Waals surface area contributed by atoms with Crippen molar-refractivity contribution in [1.29, 1.82) is 0 Å².